The van der Waals surface area contributed by atoms with Gasteiger partial charge in [-0.05, 0) is 29.9 Å². The average molecular weight is 383 g/mol. The summed E-state index contributed by atoms with van der Waals surface area (Å²) < 4.78 is 5.26. The second-order valence-corrected chi connectivity index (χ2v) is 7.28. The van der Waals surface area contributed by atoms with Crippen molar-refractivity contribution in [2.75, 3.05) is 13.6 Å². The van der Waals surface area contributed by atoms with Crippen molar-refractivity contribution < 1.29 is 14.3 Å². The summed E-state index contributed by atoms with van der Waals surface area (Å²) >= 11 is 0. The van der Waals surface area contributed by atoms with Crippen LogP contribution in [0.3, 0.4) is 0 Å². The van der Waals surface area contributed by atoms with Gasteiger partial charge in [-0.15, -0.1) is 0 Å². The van der Waals surface area contributed by atoms with E-state index in [1.165, 1.54) is 5.56 Å². The molecule has 0 bridgehead atoms. The number of ether oxygens (including phenoxy) is 1. The number of alkyl carbamates (subject to hydrolysis) is 1. The molecule has 0 aliphatic carbocycles. The highest BCUT2D eigenvalue weighted by molar-refractivity contribution is 5.85. The molecule has 0 aliphatic rings. The zero-order valence-corrected chi connectivity index (χ0v) is 16.9. The molecule has 1 unspecified atom stereocenters. The minimum absolute atomic E-state index is 0.0339. The molecular weight excluding hydrogens is 352 g/mol. The van der Waals surface area contributed by atoms with E-state index in [2.05, 4.69) is 17.4 Å². The van der Waals surface area contributed by atoms with Crippen LogP contribution in [0.4, 0.5) is 4.79 Å². The van der Waals surface area contributed by atoms with Gasteiger partial charge in [0.15, 0.2) is 0 Å². The van der Waals surface area contributed by atoms with Crippen LogP contribution >= 0.6 is 0 Å². The van der Waals surface area contributed by atoms with Crippen LogP contribution in [0.1, 0.15) is 31.4 Å². The number of amides is 2. The Bertz CT molecular complexity index is 732. The smallest absolute Gasteiger partial charge is 0.408 e. The molecule has 0 saturated heterocycles. The molecule has 0 aromatic heterocycles. The number of carbonyl (C=O) groups is 2. The van der Waals surface area contributed by atoms with E-state index in [0.29, 0.717) is 6.54 Å². The van der Waals surface area contributed by atoms with E-state index in [-0.39, 0.29) is 18.4 Å². The van der Waals surface area contributed by atoms with Crippen LogP contribution in [-0.4, -0.2) is 36.5 Å². The first kappa shape index (κ1) is 21.5. The number of benzene rings is 2. The summed E-state index contributed by atoms with van der Waals surface area (Å²) in [5.41, 5.74) is 2.16. The summed E-state index contributed by atoms with van der Waals surface area (Å²) in [5.74, 6) is -0.131. The highest BCUT2D eigenvalue weighted by atomic mass is 16.5. The molecule has 1 atom stereocenters. The maximum atomic E-state index is 12.8. The van der Waals surface area contributed by atoms with Crippen LogP contribution in [0.15, 0.2) is 60.7 Å². The normalized spacial score (nSPS) is 11.7. The third-order valence-corrected chi connectivity index (χ3v) is 4.60. The third-order valence-electron chi connectivity index (χ3n) is 4.60. The number of hydrogen-bond donors (Lipinski definition) is 1. The van der Waals surface area contributed by atoms with E-state index in [4.69, 9.17) is 4.74 Å². The number of likely N-dealkylation sites (N-methyl/N-ethyl adjacent to an activating group) is 1. The van der Waals surface area contributed by atoms with Gasteiger partial charge in [-0.2, -0.15) is 0 Å². The van der Waals surface area contributed by atoms with Gasteiger partial charge in [-0.25, -0.2) is 4.79 Å². The van der Waals surface area contributed by atoms with Crippen molar-refractivity contribution in [3.63, 3.8) is 0 Å². The van der Waals surface area contributed by atoms with Gasteiger partial charge < -0.3 is 15.0 Å². The molecule has 1 N–H and O–H groups in total. The number of carbonyl (C=O) groups excluding carboxylic acids is 2. The first-order valence-corrected chi connectivity index (χ1v) is 9.73. The van der Waals surface area contributed by atoms with Crippen molar-refractivity contribution in [3.8, 4) is 0 Å². The molecule has 150 valence electrons. The molecule has 0 saturated carbocycles. The van der Waals surface area contributed by atoms with Gasteiger partial charge in [-0.3, -0.25) is 4.79 Å². The second kappa shape index (κ2) is 11.1. The predicted molar refractivity (Wildman–Crippen MR) is 111 cm³/mol. The lowest BCUT2D eigenvalue weighted by molar-refractivity contribution is -0.133. The standard InChI is InChI=1S/C23H30N2O3/c1-18(2)21(24-23(27)28-17-20-13-8-5-9-14-20)22(26)25(3)16-10-15-19-11-6-4-7-12-19/h4-9,11-14,18,21H,10,15-17H2,1-3H3,(H,24,27). The molecule has 2 aromatic carbocycles. The van der Waals surface area contributed by atoms with Crippen LogP contribution in [-0.2, 0) is 22.6 Å². The Morgan fingerprint density at radius 2 is 1.54 bits per heavy atom. The number of nitrogens with one attached hydrogen (secondary N) is 1. The molecule has 0 fully saturated rings. The summed E-state index contributed by atoms with van der Waals surface area (Å²) in [7, 11) is 1.78. The Labute approximate surface area is 167 Å². The maximum absolute atomic E-state index is 12.8. The Morgan fingerprint density at radius 1 is 0.964 bits per heavy atom. The van der Waals surface area contributed by atoms with E-state index in [9.17, 15) is 9.59 Å². The van der Waals surface area contributed by atoms with Crippen LogP contribution in [0.25, 0.3) is 0 Å². The van der Waals surface area contributed by atoms with Crippen LogP contribution in [0.2, 0.25) is 0 Å². The first-order valence-electron chi connectivity index (χ1n) is 9.73. The van der Waals surface area contributed by atoms with Crippen molar-refractivity contribution in [1.29, 1.82) is 0 Å². The Morgan fingerprint density at radius 3 is 2.11 bits per heavy atom. The lowest BCUT2D eigenvalue weighted by atomic mass is 10.0. The molecule has 5 nitrogen and oxygen atoms in total. The van der Waals surface area contributed by atoms with Gasteiger partial charge in [0.2, 0.25) is 5.91 Å². The van der Waals surface area contributed by atoms with Crippen molar-refractivity contribution >= 4 is 12.0 Å². The highest BCUT2D eigenvalue weighted by Crippen LogP contribution is 2.09. The minimum Gasteiger partial charge on any atom is -0.445 e. The fourth-order valence-corrected chi connectivity index (χ4v) is 2.92. The van der Waals surface area contributed by atoms with E-state index in [1.807, 2.05) is 62.4 Å². The summed E-state index contributed by atoms with van der Waals surface area (Å²) in [6, 6.07) is 19.1. The number of nitrogens with zero attached hydrogens (tertiary/aromatic N) is 1. The summed E-state index contributed by atoms with van der Waals surface area (Å²) in [6.07, 6.45) is 1.21. The fraction of sp³-hybridized carbons (Fsp3) is 0.391. The summed E-state index contributed by atoms with van der Waals surface area (Å²) in [6.45, 7) is 4.64. The van der Waals surface area contributed by atoms with Gasteiger partial charge in [-0.1, -0.05) is 74.5 Å². The van der Waals surface area contributed by atoms with Crippen molar-refractivity contribution in [2.24, 2.45) is 5.92 Å². The Hall–Kier alpha value is -2.82. The van der Waals surface area contributed by atoms with E-state index < -0.39 is 12.1 Å². The van der Waals surface area contributed by atoms with Crippen LogP contribution in [0, 0.1) is 5.92 Å². The average Bonchev–Trinajstić information content (AvgIpc) is 2.71. The molecule has 0 heterocycles. The maximum Gasteiger partial charge on any atom is 0.408 e. The van der Waals surface area contributed by atoms with E-state index >= 15 is 0 Å². The molecule has 2 rings (SSSR count). The van der Waals surface area contributed by atoms with Crippen molar-refractivity contribution in [1.82, 2.24) is 10.2 Å². The van der Waals surface area contributed by atoms with Gasteiger partial charge in [0, 0.05) is 13.6 Å². The zero-order chi connectivity index (χ0) is 20.4. The van der Waals surface area contributed by atoms with Crippen molar-refractivity contribution in [2.45, 2.75) is 39.3 Å². The lowest BCUT2D eigenvalue weighted by Crippen LogP contribution is -2.50. The quantitative estimate of drug-likeness (QED) is 0.712. The third kappa shape index (κ3) is 7.06. The van der Waals surface area contributed by atoms with Gasteiger partial charge in [0.1, 0.15) is 12.6 Å². The number of hydrogen-bond acceptors (Lipinski definition) is 3. The summed E-state index contributed by atoms with van der Waals surface area (Å²) in [5, 5.41) is 2.72. The molecule has 5 heteroatoms. The molecule has 0 aliphatic heterocycles. The van der Waals surface area contributed by atoms with E-state index in [1.54, 1.807) is 11.9 Å². The predicted octanol–water partition coefficient (Wildman–Crippen LogP) is 4.03. The largest absolute Gasteiger partial charge is 0.445 e. The molecule has 2 aromatic rings. The number of aryl methyl sites for hydroxylation is 1. The summed E-state index contributed by atoms with van der Waals surface area (Å²) in [4.78, 5) is 26.6. The first-order chi connectivity index (χ1) is 13.5. The Kier molecular flexibility index (Phi) is 8.53. The molecular formula is C23H30N2O3. The van der Waals surface area contributed by atoms with Gasteiger partial charge >= 0.3 is 6.09 Å². The fourth-order valence-electron chi connectivity index (χ4n) is 2.92. The zero-order valence-electron chi connectivity index (χ0n) is 16.9. The monoisotopic (exact) mass is 382 g/mol. The van der Waals surface area contributed by atoms with Gasteiger partial charge in [0.25, 0.3) is 0 Å². The van der Waals surface area contributed by atoms with Crippen molar-refractivity contribution in [3.05, 3.63) is 71.8 Å². The highest BCUT2D eigenvalue weighted by Gasteiger charge is 2.27. The second-order valence-electron chi connectivity index (χ2n) is 7.28. The lowest BCUT2D eigenvalue weighted by Gasteiger charge is -2.27. The van der Waals surface area contributed by atoms with E-state index in [0.717, 1.165) is 18.4 Å². The number of rotatable bonds is 9. The molecule has 0 radical (unpaired) electrons. The minimum atomic E-state index is -0.606. The van der Waals surface area contributed by atoms with Crippen LogP contribution < -0.4 is 5.32 Å². The Balaban J connectivity index is 1.81. The molecule has 0 spiro atoms. The SMILES string of the molecule is CC(C)C(NC(=O)OCc1ccccc1)C(=O)N(C)CCCc1ccccc1. The topological polar surface area (TPSA) is 58.6 Å². The molecule has 2 amide bonds. The molecule has 28 heavy (non-hydrogen) atoms. The van der Waals surface area contributed by atoms with Crippen LogP contribution in [0.5, 0.6) is 0 Å². The van der Waals surface area contributed by atoms with Gasteiger partial charge in [0.05, 0.1) is 0 Å².